The van der Waals surface area contributed by atoms with Crippen LogP contribution in [0.15, 0.2) is 0 Å². The molecular weight excluding hydrogens is 190 g/mol. The van der Waals surface area contributed by atoms with E-state index in [4.69, 9.17) is 0 Å². The molecule has 2 unspecified atom stereocenters. The molecule has 1 N–H and O–H groups in total. The average molecular weight is 213 g/mol. The first kappa shape index (κ1) is 10.8. The number of hydrogen-bond acceptors (Lipinski definition) is 2. The fraction of sp³-hybridized carbons (Fsp3) is 1.00. The molecule has 2 heteroatoms. The molecule has 0 spiro atoms. The molecule has 0 aromatic rings. The van der Waals surface area contributed by atoms with E-state index < -0.39 is 0 Å². The van der Waals surface area contributed by atoms with Crippen molar-refractivity contribution in [3.05, 3.63) is 0 Å². The largest absolute Gasteiger partial charge is 0.305 e. The molecule has 0 bridgehead atoms. The molecular formula is C12H23NS. The molecule has 1 saturated carbocycles. The molecule has 0 aromatic carbocycles. The minimum absolute atomic E-state index is 0.782. The summed E-state index contributed by atoms with van der Waals surface area (Å²) in [6.07, 6.45) is 8.84. The van der Waals surface area contributed by atoms with E-state index in [9.17, 15) is 0 Å². The number of hydrogen-bond donors (Lipinski definition) is 1. The maximum Gasteiger partial charge on any atom is 0.0560 e. The summed E-state index contributed by atoms with van der Waals surface area (Å²) in [7, 11) is 0. The van der Waals surface area contributed by atoms with E-state index >= 15 is 0 Å². The number of nitrogens with one attached hydrogen (secondary N) is 1. The van der Waals surface area contributed by atoms with Gasteiger partial charge in [0.1, 0.15) is 0 Å². The van der Waals surface area contributed by atoms with Gasteiger partial charge in [-0.1, -0.05) is 32.6 Å². The van der Waals surface area contributed by atoms with Crippen molar-refractivity contribution in [3.8, 4) is 0 Å². The summed E-state index contributed by atoms with van der Waals surface area (Å²) in [4.78, 5) is 0. The van der Waals surface area contributed by atoms with Crippen LogP contribution in [0, 0.1) is 11.8 Å². The highest BCUT2D eigenvalue weighted by Crippen LogP contribution is 2.33. The van der Waals surface area contributed by atoms with E-state index in [0.717, 1.165) is 17.2 Å². The molecule has 0 aromatic heterocycles. The zero-order valence-corrected chi connectivity index (χ0v) is 10.1. The standard InChI is InChI=1S/C12H23NS/c1-10-8-13-12(14-9-10)11-6-4-2-3-5-7-11/h10-13H,2-9H2,1H3. The van der Waals surface area contributed by atoms with Crippen LogP contribution in [0.25, 0.3) is 0 Å². The van der Waals surface area contributed by atoms with E-state index in [1.54, 1.807) is 0 Å². The highest BCUT2D eigenvalue weighted by molar-refractivity contribution is 7.99. The Bertz CT molecular complexity index is 156. The molecule has 14 heavy (non-hydrogen) atoms. The van der Waals surface area contributed by atoms with E-state index in [2.05, 4.69) is 24.0 Å². The number of thioether (sulfide) groups is 1. The lowest BCUT2D eigenvalue weighted by atomic mass is 9.99. The van der Waals surface area contributed by atoms with Crippen LogP contribution >= 0.6 is 11.8 Å². The average Bonchev–Trinajstić information content (AvgIpc) is 2.47. The fourth-order valence-electron chi connectivity index (χ4n) is 2.62. The topological polar surface area (TPSA) is 12.0 Å². The molecule has 1 nitrogen and oxygen atoms in total. The van der Waals surface area contributed by atoms with Crippen molar-refractivity contribution in [2.24, 2.45) is 11.8 Å². The normalized spacial score (nSPS) is 36.6. The minimum Gasteiger partial charge on any atom is -0.305 e. The Kier molecular flexibility index (Phi) is 4.18. The Labute approximate surface area is 92.4 Å². The Morgan fingerprint density at radius 1 is 1.07 bits per heavy atom. The summed E-state index contributed by atoms with van der Waals surface area (Å²) in [5.74, 6) is 3.21. The van der Waals surface area contributed by atoms with Crippen molar-refractivity contribution < 1.29 is 0 Å². The molecule has 82 valence electrons. The second-order valence-electron chi connectivity index (χ2n) is 5.02. The van der Waals surface area contributed by atoms with E-state index in [0.29, 0.717) is 0 Å². The van der Waals surface area contributed by atoms with E-state index in [-0.39, 0.29) is 0 Å². The maximum atomic E-state index is 3.73. The molecule has 1 aliphatic heterocycles. The molecule has 2 rings (SSSR count). The van der Waals surface area contributed by atoms with Gasteiger partial charge in [-0.3, -0.25) is 0 Å². The zero-order valence-electron chi connectivity index (χ0n) is 9.30. The van der Waals surface area contributed by atoms with E-state index in [1.807, 2.05) is 0 Å². The summed E-state index contributed by atoms with van der Waals surface area (Å²) in [6, 6.07) is 0. The van der Waals surface area contributed by atoms with Crippen LogP contribution in [-0.4, -0.2) is 17.7 Å². The molecule has 1 aliphatic carbocycles. The first-order chi connectivity index (χ1) is 6.86. The maximum absolute atomic E-state index is 3.73. The lowest BCUT2D eigenvalue weighted by Gasteiger charge is -2.33. The highest BCUT2D eigenvalue weighted by atomic mass is 32.2. The lowest BCUT2D eigenvalue weighted by Crippen LogP contribution is -2.41. The zero-order chi connectivity index (χ0) is 9.80. The molecule has 2 aliphatic rings. The summed E-state index contributed by atoms with van der Waals surface area (Å²) in [5.41, 5.74) is 0. The third kappa shape index (κ3) is 2.90. The summed E-state index contributed by atoms with van der Waals surface area (Å²) >= 11 is 2.18. The lowest BCUT2D eigenvalue weighted by molar-refractivity contribution is 0.374. The monoisotopic (exact) mass is 213 g/mol. The molecule has 2 atom stereocenters. The highest BCUT2D eigenvalue weighted by Gasteiger charge is 2.26. The quantitative estimate of drug-likeness (QED) is 0.671. The molecule has 0 amide bonds. The second kappa shape index (κ2) is 5.41. The van der Waals surface area contributed by atoms with Crippen LogP contribution in [0.4, 0.5) is 0 Å². The van der Waals surface area contributed by atoms with Gasteiger partial charge in [-0.15, -0.1) is 11.8 Å². The second-order valence-corrected chi connectivity index (χ2v) is 6.19. The summed E-state index contributed by atoms with van der Waals surface area (Å²) in [6.45, 7) is 3.59. The van der Waals surface area contributed by atoms with Crippen molar-refractivity contribution in [1.29, 1.82) is 0 Å². The van der Waals surface area contributed by atoms with Crippen LogP contribution < -0.4 is 5.32 Å². The van der Waals surface area contributed by atoms with Crippen LogP contribution in [-0.2, 0) is 0 Å². The van der Waals surface area contributed by atoms with Gasteiger partial charge in [0.25, 0.3) is 0 Å². The molecule has 1 saturated heterocycles. The Morgan fingerprint density at radius 3 is 2.36 bits per heavy atom. The van der Waals surface area contributed by atoms with Crippen molar-refractivity contribution in [1.82, 2.24) is 5.32 Å². The first-order valence-electron chi connectivity index (χ1n) is 6.21. The van der Waals surface area contributed by atoms with Gasteiger partial charge in [0, 0.05) is 0 Å². The van der Waals surface area contributed by atoms with Gasteiger partial charge in [0.2, 0.25) is 0 Å². The Hall–Kier alpha value is 0.310. The minimum atomic E-state index is 0.782. The SMILES string of the molecule is CC1CNC(C2CCCCCC2)SC1. The third-order valence-corrected chi connectivity index (χ3v) is 5.23. The summed E-state index contributed by atoms with van der Waals surface area (Å²) in [5, 5.41) is 4.51. The van der Waals surface area contributed by atoms with Crippen LogP contribution in [0.3, 0.4) is 0 Å². The summed E-state index contributed by atoms with van der Waals surface area (Å²) < 4.78 is 0. The van der Waals surface area contributed by atoms with Crippen LogP contribution in [0.2, 0.25) is 0 Å². The van der Waals surface area contributed by atoms with Gasteiger partial charge in [-0.05, 0) is 37.0 Å². The van der Waals surface area contributed by atoms with Crippen LogP contribution in [0.5, 0.6) is 0 Å². The van der Waals surface area contributed by atoms with Gasteiger partial charge >= 0.3 is 0 Å². The molecule has 0 radical (unpaired) electrons. The van der Waals surface area contributed by atoms with Gasteiger partial charge in [0.15, 0.2) is 0 Å². The van der Waals surface area contributed by atoms with Gasteiger partial charge in [0.05, 0.1) is 5.37 Å². The smallest absolute Gasteiger partial charge is 0.0560 e. The Balaban J connectivity index is 1.81. The number of rotatable bonds is 1. The predicted molar refractivity (Wildman–Crippen MR) is 64.6 cm³/mol. The van der Waals surface area contributed by atoms with Gasteiger partial charge in [-0.2, -0.15) is 0 Å². The van der Waals surface area contributed by atoms with Crippen molar-refractivity contribution in [3.63, 3.8) is 0 Å². The third-order valence-electron chi connectivity index (χ3n) is 3.56. The Morgan fingerprint density at radius 2 is 1.79 bits per heavy atom. The predicted octanol–water partition coefficient (Wildman–Crippen LogP) is 3.26. The van der Waals surface area contributed by atoms with Crippen LogP contribution in [0.1, 0.15) is 45.4 Å². The van der Waals surface area contributed by atoms with Gasteiger partial charge < -0.3 is 5.32 Å². The fourth-order valence-corrected chi connectivity index (χ4v) is 4.03. The van der Waals surface area contributed by atoms with Crippen molar-refractivity contribution >= 4 is 11.8 Å². The van der Waals surface area contributed by atoms with Crippen molar-refractivity contribution in [2.75, 3.05) is 12.3 Å². The molecule has 2 fully saturated rings. The van der Waals surface area contributed by atoms with Gasteiger partial charge in [-0.25, -0.2) is 0 Å². The first-order valence-corrected chi connectivity index (χ1v) is 7.26. The van der Waals surface area contributed by atoms with E-state index in [1.165, 1.54) is 50.8 Å². The molecule has 1 heterocycles. The van der Waals surface area contributed by atoms with Crippen molar-refractivity contribution in [2.45, 2.75) is 50.8 Å².